The van der Waals surface area contributed by atoms with Crippen LogP contribution < -0.4 is 22.8 Å². The van der Waals surface area contributed by atoms with Gasteiger partial charge in [-0.15, -0.1) is 0 Å². The highest BCUT2D eigenvalue weighted by Gasteiger charge is 2.12. The molecule has 4 aromatic carbocycles. The summed E-state index contributed by atoms with van der Waals surface area (Å²) in [7, 11) is 0. The lowest BCUT2D eigenvalue weighted by Crippen LogP contribution is -2.21. The zero-order valence-corrected chi connectivity index (χ0v) is 29.2. The van der Waals surface area contributed by atoms with Crippen molar-refractivity contribution in [2.45, 2.75) is 0 Å². The minimum atomic E-state index is -1.20. The first-order valence-electron chi connectivity index (χ1n) is 15.4. The Labute approximate surface area is 316 Å². The summed E-state index contributed by atoms with van der Waals surface area (Å²) in [5, 5.41) is 19.2. The van der Waals surface area contributed by atoms with Crippen molar-refractivity contribution in [3.8, 4) is 6.07 Å². The number of nitriles is 1. The average molecular weight is 778 g/mol. The molecule has 0 saturated carbocycles. The summed E-state index contributed by atoms with van der Waals surface area (Å²) in [5.74, 6) is -1.90. The molecule has 0 aliphatic heterocycles. The second-order valence-corrected chi connectivity index (χ2v) is 11.4. The van der Waals surface area contributed by atoms with E-state index >= 15 is 0 Å². The summed E-state index contributed by atoms with van der Waals surface area (Å²) in [6.45, 7) is 0. The number of nitrogens with zero attached hydrogens (tertiary/aromatic N) is 6. The molecule has 6 N–H and O–H groups in total. The fraction of sp³-hybridized carbons (Fsp3) is 0. The molecule has 0 aliphatic rings. The monoisotopic (exact) mass is 776 g/mol. The van der Waals surface area contributed by atoms with E-state index in [0.29, 0.717) is 43.9 Å². The van der Waals surface area contributed by atoms with Crippen LogP contribution in [0, 0.1) is 11.3 Å². The fourth-order valence-electron chi connectivity index (χ4n) is 4.94. The normalized spacial score (nSPS) is 10.2. The highest BCUT2D eigenvalue weighted by Crippen LogP contribution is 2.17. The summed E-state index contributed by atoms with van der Waals surface area (Å²) in [5.41, 5.74) is 5.67. The first-order valence-corrected chi connectivity index (χ1v) is 16.1. The van der Waals surface area contributed by atoms with Gasteiger partial charge in [-0.05, 0) is 53.5 Å². The van der Waals surface area contributed by atoms with E-state index in [1.807, 2.05) is 18.2 Å². The Kier molecular flexibility index (Phi) is 12.1. The van der Waals surface area contributed by atoms with Gasteiger partial charge in [0.05, 0.1) is 22.1 Å². The fourth-order valence-corrected chi connectivity index (χ4v) is 5.26. The number of carboxylic acid groups (broad SMARTS) is 1. The summed E-state index contributed by atoms with van der Waals surface area (Å²) < 4.78 is 0. The second kappa shape index (κ2) is 17.2. The molecule has 0 atom stereocenters. The van der Waals surface area contributed by atoms with E-state index in [1.54, 1.807) is 84.9 Å². The molecule has 19 heteroatoms. The van der Waals surface area contributed by atoms with Gasteiger partial charge in [0.2, 0.25) is 5.28 Å². The smallest absolute Gasteiger partial charge is 0.355 e. The maximum absolute atomic E-state index is 11.0. The minimum Gasteiger partial charge on any atom is -0.476 e. The maximum Gasteiger partial charge on any atom is 0.355 e. The number of primary amides is 1. The highest BCUT2D eigenvalue weighted by molar-refractivity contribution is 6.68. The van der Waals surface area contributed by atoms with Crippen LogP contribution in [-0.2, 0) is 0 Å². The lowest BCUT2D eigenvalue weighted by molar-refractivity contribution is 0.0692. The van der Waals surface area contributed by atoms with Crippen molar-refractivity contribution >= 4 is 83.9 Å². The van der Waals surface area contributed by atoms with Crippen molar-refractivity contribution < 1.29 is 19.5 Å². The molecule has 0 radical (unpaired) electrons. The standard InChI is InChI=1S/C9H4ClN3.C9H5ClN2O2.C9H7N3O2.C9H6N2O3/c10-9-12-7-4-2-1-3-6(7)8(5-11)13-9;2*10-8(13)7-5-3-1-2-4-6(5)11-9(14)12-7;12-8(13)7-5-3-1-2-4-6(5)10-9(14)11-7/h1-4H;1-4H,(H,11,12,14);1-4H,(H2,10,13)(H,11,12,14);1-4H,(H,12,13)(H,10,11,14). The first kappa shape index (κ1) is 38.5. The Hall–Kier alpha value is -7.68. The molecular weight excluding hydrogens is 755 g/mol. The zero-order chi connectivity index (χ0) is 39.6. The number of fused-ring (bicyclic) bond motifs is 4. The minimum absolute atomic E-state index is 0.00403. The number of carboxylic acids is 1. The first-order chi connectivity index (χ1) is 26.4. The van der Waals surface area contributed by atoms with Gasteiger partial charge in [-0.1, -0.05) is 66.7 Å². The van der Waals surface area contributed by atoms with E-state index in [0.717, 1.165) is 5.39 Å². The number of amides is 1. The molecule has 17 nitrogen and oxygen atoms in total. The summed E-state index contributed by atoms with van der Waals surface area (Å²) in [4.78, 5) is 91.4. The number of aromatic nitrogens is 8. The molecule has 0 aliphatic carbocycles. The van der Waals surface area contributed by atoms with Gasteiger partial charge < -0.3 is 25.8 Å². The molecule has 272 valence electrons. The number of aromatic carboxylic acids is 1. The van der Waals surface area contributed by atoms with E-state index in [2.05, 4.69) is 39.9 Å². The van der Waals surface area contributed by atoms with Crippen LogP contribution in [-0.4, -0.2) is 62.1 Å². The van der Waals surface area contributed by atoms with Gasteiger partial charge in [0, 0.05) is 21.5 Å². The molecule has 0 spiro atoms. The lowest BCUT2D eigenvalue weighted by atomic mass is 10.2. The predicted octanol–water partition coefficient (Wildman–Crippen LogP) is 4.10. The van der Waals surface area contributed by atoms with Crippen molar-refractivity contribution in [1.29, 1.82) is 5.26 Å². The summed E-state index contributed by atoms with van der Waals surface area (Å²) in [6, 6.07) is 29.6. The third-order valence-corrected chi connectivity index (χ3v) is 7.56. The second-order valence-electron chi connectivity index (χ2n) is 10.7. The number of halogens is 2. The molecule has 0 unspecified atom stereocenters. The number of rotatable bonds is 3. The van der Waals surface area contributed by atoms with Gasteiger partial charge in [0.25, 0.3) is 11.1 Å². The Morgan fingerprint density at radius 3 is 1.45 bits per heavy atom. The third kappa shape index (κ3) is 9.41. The van der Waals surface area contributed by atoms with Gasteiger partial charge in [0.1, 0.15) is 17.5 Å². The van der Waals surface area contributed by atoms with E-state index in [9.17, 15) is 28.8 Å². The van der Waals surface area contributed by atoms with E-state index in [4.69, 9.17) is 39.3 Å². The predicted molar refractivity (Wildman–Crippen MR) is 202 cm³/mol. The van der Waals surface area contributed by atoms with Gasteiger partial charge in [0.15, 0.2) is 11.4 Å². The quantitative estimate of drug-likeness (QED) is 0.125. The molecule has 0 saturated heterocycles. The molecule has 55 heavy (non-hydrogen) atoms. The third-order valence-electron chi connectivity index (χ3n) is 7.22. The van der Waals surface area contributed by atoms with Gasteiger partial charge >= 0.3 is 23.0 Å². The SMILES string of the molecule is N#Cc1nc(Cl)nc2ccccc12.NC(=O)c1nc(=O)[nH]c2ccccc12.O=C(Cl)c1nc(=O)[nH]c2ccccc12.O=C(O)c1nc(=O)[nH]c2ccccc12. The molecule has 8 rings (SSSR count). The highest BCUT2D eigenvalue weighted by atomic mass is 35.5. The van der Waals surface area contributed by atoms with Crippen LogP contribution in [0.2, 0.25) is 5.28 Å². The van der Waals surface area contributed by atoms with Crippen LogP contribution in [0.15, 0.2) is 111 Å². The van der Waals surface area contributed by atoms with Crippen molar-refractivity contribution in [2.24, 2.45) is 5.73 Å². The van der Waals surface area contributed by atoms with Crippen LogP contribution in [0.5, 0.6) is 0 Å². The number of nitrogens with two attached hydrogens (primary N) is 1. The molecule has 4 heterocycles. The maximum atomic E-state index is 11.0. The molecule has 0 bridgehead atoms. The number of carbonyl (C=O) groups is 3. The van der Waals surface area contributed by atoms with Gasteiger partial charge in [-0.25, -0.2) is 29.1 Å². The van der Waals surface area contributed by atoms with E-state index in [1.165, 1.54) is 0 Å². The number of benzene rings is 4. The summed E-state index contributed by atoms with van der Waals surface area (Å²) in [6.07, 6.45) is 0. The van der Waals surface area contributed by atoms with Crippen molar-refractivity contribution in [3.05, 3.63) is 157 Å². The van der Waals surface area contributed by atoms with Gasteiger partial charge in [-0.2, -0.15) is 20.2 Å². The summed E-state index contributed by atoms with van der Waals surface area (Å²) >= 11 is 10.9. The Balaban J connectivity index is 0.000000141. The van der Waals surface area contributed by atoms with E-state index in [-0.39, 0.29) is 22.4 Å². The largest absolute Gasteiger partial charge is 0.476 e. The molecule has 1 amide bonds. The zero-order valence-electron chi connectivity index (χ0n) is 27.7. The Morgan fingerprint density at radius 2 is 1.00 bits per heavy atom. The lowest BCUT2D eigenvalue weighted by Gasteiger charge is -1.99. The Bertz CT molecular complexity index is 2750. The number of hydrogen-bond donors (Lipinski definition) is 5. The number of carbonyl (C=O) groups excluding carboxylic acids is 2. The van der Waals surface area contributed by atoms with E-state index < -0.39 is 34.2 Å². The molecular formula is C36H22Cl2N10O7. The van der Waals surface area contributed by atoms with Crippen molar-refractivity contribution in [3.63, 3.8) is 0 Å². The average Bonchev–Trinajstić information content (AvgIpc) is 3.17. The number of H-pyrrole nitrogens is 3. The number of aromatic amines is 3. The van der Waals surface area contributed by atoms with Crippen molar-refractivity contribution in [2.75, 3.05) is 0 Å². The number of hydrogen-bond acceptors (Lipinski definition) is 12. The Morgan fingerprint density at radius 1 is 0.600 bits per heavy atom. The van der Waals surface area contributed by atoms with Crippen LogP contribution >= 0.6 is 23.2 Å². The topological polar surface area (TPSA) is 284 Å². The van der Waals surface area contributed by atoms with Crippen LogP contribution in [0.1, 0.15) is 37.2 Å². The van der Waals surface area contributed by atoms with Crippen LogP contribution in [0.3, 0.4) is 0 Å². The number of nitrogens with one attached hydrogen (secondary N) is 3. The molecule has 4 aromatic heterocycles. The van der Waals surface area contributed by atoms with Crippen LogP contribution in [0.25, 0.3) is 43.6 Å². The molecule has 0 fully saturated rings. The number of para-hydroxylation sites is 4. The van der Waals surface area contributed by atoms with Gasteiger partial charge in [-0.3, -0.25) is 9.59 Å². The van der Waals surface area contributed by atoms with Crippen molar-refractivity contribution in [1.82, 2.24) is 39.9 Å². The molecule has 8 aromatic rings. The van der Waals surface area contributed by atoms with Crippen LogP contribution in [0.4, 0.5) is 0 Å².